The van der Waals surface area contributed by atoms with Gasteiger partial charge in [0.05, 0.1) is 25.0 Å². The van der Waals surface area contributed by atoms with E-state index in [9.17, 15) is 0 Å². The summed E-state index contributed by atoms with van der Waals surface area (Å²) in [6, 6.07) is 11.2. The zero-order valence-electron chi connectivity index (χ0n) is 13.9. The van der Waals surface area contributed by atoms with Crippen molar-refractivity contribution in [2.45, 2.75) is 38.4 Å². The average molecular weight is 311 g/mol. The highest BCUT2D eigenvalue weighted by Gasteiger charge is 2.21. The summed E-state index contributed by atoms with van der Waals surface area (Å²) in [6.07, 6.45) is 5.26. The SMILES string of the molecule is CNCc1ccc(CNC2CCCc3cc(OC)cnc32)cc1. The maximum Gasteiger partial charge on any atom is 0.137 e. The van der Waals surface area contributed by atoms with E-state index in [4.69, 9.17) is 4.74 Å². The highest BCUT2D eigenvalue weighted by Crippen LogP contribution is 2.30. The van der Waals surface area contributed by atoms with Gasteiger partial charge >= 0.3 is 0 Å². The smallest absolute Gasteiger partial charge is 0.137 e. The van der Waals surface area contributed by atoms with E-state index in [0.717, 1.165) is 31.7 Å². The van der Waals surface area contributed by atoms with Crippen molar-refractivity contribution in [3.05, 3.63) is 58.9 Å². The van der Waals surface area contributed by atoms with Crippen molar-refractivity contribution in [2.75, 3.05) is 14.2 Å². The lowest BCUT2D eigenvalue weighted by Crippen LogP contribution is -2.26. The number of nitrogens with one attached hydrogen (secondary N) is 2. The monoisotopic (exact) mass is 311 g/mol. The molecule has 0 fully saturated rings. The lowest BCUT2D eigenvalue weighted by molar-refractivity contribution is 0.405. The van der Waals surface area contributed by atoms with Gasteiger partial charge in [-0.25, -0.2) is 0 Å². The molecule has 1 aliphatic rings. The van der Waals surface area contributed by atoms with E-state index in [1.165, 1.54) is 28.8 Å². The van der Waals surface area contributed by atoms with Crippen LogP contribution >= 0.6 is 0 Å². The predicted octanol–water partition coefficient (Wildman–Crippen LogP) is 2.98. The van der Waals surface area contributed by atoms with Crippen LogP contribution in [0.4, 0.5) is 0 Å². The first-order valence-electron chi connectivity index (χ1n) is 8.28. The van der Waals surface area contributed by atoms with E-state index in [1.54, 1.807) is 7.11 Å². The highest BCUT2D eigenvalue weighted by molar-refractivity contribution is 5.33. The minimum absolute atomic E-state index is 0.335. The molecule has 1 heterocycles. The summed E-state index contributed by atoms with van der Waals surface area (Å²) in [5.74, 6) is 0.851. The van der Waals surface area contributed by atoms with Gasteiger partial charge in [-0.2, -0.15) is 0 Å². The molecule has 0 aliphatic heterocycles. The number of methoxy groups -OCH3 is 1. The van der Waals surface area contributed by atoms with E-state index < -0.39 is 0 Å². The number of nitrogens with zero attached hydrogens (tertiary/aromatic N) is 1. The maximum absolute atomic E-state index is 5.29. The van der Waals surface area contributed by atoms with Crippen molar-refractivity contribution in [2.24, 2.45) is 0 Å². The topological polar surface area (TPSA) is 46.2 Å². The third-order valence-electron chi connectivity index (χ3n) is 4.44. The second kappa shape index (κ2) is 7.57. The average Bonchev–Trinajstić information content (AvgIpc) is 2.61. The second-order valence-electron chi connectivity index (χ2n) is 6.09. The van der Waals surface area contributed by atoms with Crippen molar-refractivity contribution in [1.29, 1.82) is 0 Å². The summed E-state index contributed by atoms with van der Waals surface area (Å²) in [5.41, 5.74) is 5.12. The fourth-order valence-corrected chi connectivity index (χ4v) is 3.18. The summed E-state index contributed by atoms with van der Waals surface area (Å²) in [5, 5.41) is 6.84. The minimum atomic E-state index is 0.335. The van der Waals surface area contributed by atoms with Crippen molar-refractivity contribution in [1.82, 2.24) is 15.6 Å². The maximum atomic E-state index is 5.29. The Bertz CT molecular complexity index is 640. The summed E-state index contributed by atoms with van der Waals surface area (Å²) in [7, 11) is 3.66. The van der Waals surface area contributed by atoms with Crippen molar-refractivity contribution in [3.63, 3.8) is 0 Å². The zero-order valence-corrected chi connectivity index (χ0v) is 13.9. The summed E-state index contributed by atoms with van der Waals surface area (Å²) >= 11 is 0. The molecule has 2 aromatic rings. The number of aromatic nitrogens is 1. The van der Waals surface area contributed by atoms with Crippen LogP contribution in [-0.4, -0.2) is 19.1 Å². The van der Waals surface area contributed by atoms with Crippen LogP contribution < -0.4 is 15.4 Å². The molecule has 23 heavy (non-hydrogen) atoms. The minimum Gasteiger partial charge on any atom is -0.495 e. The first kappa shape index (κ1) is 16.0. The lowest BCUT2D eigenvalue weighted by atomic mass is 9.91. The van der Waals surface area contributed by atoms with Crippen LogP contribution in [0.3, 0.4) is 0 Å². The Morgan fingerprint density at radius 2 is 1.91 bits per heavy atom. The Kier molecular flexibility index (Phi) is 5.26. The molecule has 2 N–H and O–H groups in total. The van der Waals surface area contributed by atoms with E-state index in [1.807, 2.05) is 13.2 Å². The van der Waals surface area contributed by atoms with Gasteiger partial charge in [0.1, 0.15) is 5.75 Å². The number of fused-ring (bicyclic) bond motifs is 1. The van der Waals surface area contributed by atoms with Gasteiger partial charge < -0.3 is 15.4 Å². The summed E-state index contributed by atoms with van der Waals surface area (Å²) in [4.78, 5) is 4.63. The highest BCUT2D eigenvalue weighted by atomic mass is 16.5. The molecular weight excluding hydrogens is 286 g/mol. The quantitative estimate of drug-likeness (QED) is 0.861. The molecule has 4 heteroatoms. The number of hydrogen-bond acceptors (Lipinski definition) is 4. The Morgan fingerprint density at radius 3 is 2.61 bits per heavy atom. The van der Waals surface area contributed by atoms with Gasteiger partial charge in [0.25, 0.3) is 0 Å². The molecule has 0 amide bonds. The fourth-order valence-electron chi connectivity index (χ4n) is 3.18. The molecule has 3 rings (SSSR count). The Morgan fingerprint density at radius 1 is 1.17 bits per heavy atom. The Balaban J connectivity index is 1.65. The fraction of sp³-hybridized carbons (Fsp3) is 0.421. The van der Waals surface area contributed by atoms with Crippen molar-refractivity contribution >= 4 is 0 Å². The number of benzene rings is 1. The van der Waals surface area contributed by atoms with Crippen LogP contribution in [0, 0.1) is 0 Å². The van der Waals surface area contributed by atoms with E-state index in [2.05, 4.69) is 45.9 Å². The molecule has 4 nitrogen and oxygen atoms in total. The molecule has 1 aliphatic carbocycles. The van der Waals surface area contributed by atoms with Crippen molar-refractivity contribution in [3.8, 4) is 5.75 Å². The van der Waals surface area contributed by atoms with Crippen LogP contribution in [0.25, 0.3) is 0 Å². The molecule has 1 aromatic carbocycles. The van der Waals surface area contributed by atoms with Gasteiger partial charge in [-0.15, -0.1) is 0 Å². The molecule has 1 unspecified atom stereocenters. The van der Waals surface area contributed by atoms with Gasteiger partial charge in [0.15, 0.2) is 0 Å². The molecule has 0 spiro atoms. The normalized spacial score (nSPS) is 16.9. The number of rotatable bonds is 6. The van der Waals surface area contributed by atoms with Gasteiger partial charge in [0.2, 0.25) is 0 Å². The zero-order chi connectivity index (χ0) is 16.1. The van der Waals surface area contributed by atoms with Crippen LogP contribution in [0.5, 0.6) is 5.75 Å². The molecule has 0 saturated carbocycles. The molecule has 0 saturated heterocycles. The molecule has 1 atom stereocenters. The van der Waals surface area contributed by atoms with Crippen LogP contribution in [0.1, 0.15) is 41.3 Å². The predicted molar refractivity (Wildman–Crippen MR) is 92.5 cm³/mol. The van der Waals surface area contributed by atoms with Gasteiger partial charge in [-0.3, -0.25) is 4.98 Å². The van der Waals surface area contributed by atoms with E-state index in [-0.39, 0.29) is 0 Å². The number of ether oxygens (including phenoxy) is 1. The molecule has 122 valence electrons. The second-order valence-corrected chi connectivity index (χ2v) is 6.09. The first-order valence-corrected chi connectivity index (χ1v) is 8.28. The number of pyridine rings is 1. The van der Waals surface area contributed by atoms with Crippen LogP contribution in [0.2, 0.25) is 0 Å². The summed E-state index contributed by atoms with van der Waals surface area (Å²) in [6.45, 7) is 1.78. The Labute approximate surface area is 138 Å². The van der Waals surface area contributed by atoms with E-state index >= 15 is 0 Å². The number of aryl methyl sites for hydroxylation is 1. The molecule has 0 bridgehead atoms. The lowest BCUT2D eigenvalue weighted by Gasteiger charge is -2.25. The van der Waals surface area contributed by atoms with Crippen molar-refractivity contribution < 1.29 is 4.74 Å². The van der Waals surface area contributed by atoms with E-state index in [0.29, 0.717) is 6.04 Å². The van der Waals surface area contributed by atoms with Gasteiger partial charge in [0, 0.05) is 13.1 Å². The van der Waals surface area contributed by atoms with Gasteiger partial charge in [-0.1, -0.05) is 24.3 Å². The molecular formula is C19H25N3O. The third-order valence-corrected chi connectivity index (χ3v) is 4.44. The number of hydrogen-bond donors (Lipinski definition) is 2. The standard InChI is InChI=1S/C19H25N3O/c1-20-11-14-6-8-15(9-7-14)12-21-18-5-3-4-16-10-17(23-2)13-22-19(16)18/h6-10,13,18,20-21H,3-5,11-12H2,1-2H3. The molecule has 0 radical (unpaired) electrons. The first-order chi connectivity index (χ1) is 11.3. The molecule has 1 aromatic heterocycles. The Hall–Kier alpha value is -1.91. The third kappa shape index (κ3) is 3.89. The van der Waals surface area contributed by atoms with Crippen LogP contribution in [-0.2, 0) is 19.5 Å². The van der Waals surface area contributed by atoms with Gasteiger partial charge in [-0.05, 0) is 49.1 Å². The largest absolute Gasteiger partial charge is 0.495 e. The summed E-state index contributed by atoms with van der Waals surface area (Å²) < 4.78 is 5.29. The van der Waals surface area contributed by atoms with Crippen LogP contribution in [0.15, 0.2) is 36.5 Å².